The first-order valence-electron chi connectivity index (χ1n) is 8.88. The second kappa shape index (κ2) is 7.89. The van der Waals surface area contributed by atoms with Gasteiger partial charge in [0.2, 0.25) is 11.8 Å². The molecule has 2 aliphatic rings. The van der Waals surface area contributed by atoms with Gasteiger partial charge in [-0.15, -0.1) is 0 Å². The number of ether oxygens (including phenoxy) is 1. The van der Waals surface area contributed by atoms with Gasteiger partial charge in [-0.1, -0.05) is 30.0 Å². The summed E-state index contributed by atoms with van der Waals surface area (Å²) < 4.78 is 70.6. The van der Waals surface area contributed by atoms with E-state index in [4.69, 9.17) is 5.73 Å². The third-order valence-electron chi connectivity index (χ3n) is 5.06. The molecule has 1 saturated heterocycles. The quantitative estimate of drug-likeness (QED) is 0.710. The van der Waals surface area contributed by atoms with Crippen LogP contribution in [-0.2, 0) is 5.54 Å². The fraction of sp³-hybridized carbons (Fsp3) is 0.389. The van der Waals surface area contributed by atoms with E-state index in [1.165, 1.54) is 22.7 Å². The molecular weight excluding hydrogens is 429 g/mol. The van der Waals surface area contributed by atoms with Crippen LogP contribution in [0, 0.1) is 11.7 Å². The number of anilines is 1. The molecule has 1 aromatic carbocycles. The Morgan fingerprint density at radius 2 is 1.97 bits per heavy atom. The SMILES string of the molecule is NC1=NC2(c3ccccc3F)CN(c3nc(OC(F)F)cc(C(F)F)n3)CC2CS1. The molecule has 2 atom stereocenters. The second-order valence-electron chi connectivity index (χ2n) is 6.85. The molecule has 30 heavy (non-hydrogen) atoms. The van der Waals surface area contributed by atoms with Gasteiger partial charge < -0.3 is 15.4 Å². The first-order chi connectivity index (χ1) is 14.3. The zero-order chi connectivity index (χ0) is 21.5. The number of nitrogens with zero attached hydrogens (tertiary/aromatic N) is 4. The first-order valence-corrected chi connectivity index (χ1v) is 9.87. The average Bonchev–Trinajstić information content (AvgIpc) is 3.07. The molecule has 160 valence electrons. The van der Waals surface area contributed by atoms with Crippen molar-refractivity contribution in [3.63, 3.8) is 0 Å². The molecule has 1 aromatic heterocycles. The minimum atomic E-state index is -3.23. The van der Waals surface area contributed by atoms with Crippen molar-refractivity contribution in [2.45, 2.75) is 18.6 Å². The molecule has 2 aromatic rings. The number of fused-ring (bicyclic) bond motifs is 1. The predicted molar refractivity (Wildman–Crippen MR) is 101 cm³/mol. The van der Waals surface area contributed by atoms with Crippen LogP contribution in [0.2, 0.25) is 0 Å². The van der Waals surface area contributed by atoms with E-state index in [1.807, 2.05) is 0 Å². The normalized spacial score (nSPS) is 23.6. The van der Waals surface area contributed by atoms with Gasteiger partial charge in [0.05, 0.1) is 6.54 Å². The molecular formula is C18H16F5N5OS. The summed E-state index contributed by atoms with van der Waals surface area (Å²) in [5.41, 5.74) is 4.42. The number of thioether (sulfide) groups is 1. The Bertz CT molecular complexity index is 978. The molecule has 2 N–H and O–H groups in total. The van der Waals surface area contributed by atoms with Crippen molar-refractivity contribution in [2.75, 3.05) is 23.7 Å². The number of alkyl halides is 4. The van der Waals surface area contributed by atoms with Crippen molar-refractivity contribution in [3.8, 4) is 5.88 Å². The van der Waals surface area contributed by atoms with Crippen molar-refractivity contribution in [1.82, 2.24) is 9.97 Å². The van der Waals surface area contributed by atoms with Crippen LogP contribution in [0.3, 0.4) is 0 Å². The molecule has 0 spiro atoms. The zero-order valence-electron chi connectivity index (χ0n) is 15.3. The lowest BCUT2D eigenvalue weighted by Gasteiger charge is -2.34. The van der Waals surface area contributed by atoms with Crippen molar-refractivity contribution < 1.29 is 26.7 Å². The summed E-state index contributed by atoms with van der Waals surface area (Å²) >= 11 is 1.30. The standard InChI is InChI=1S/C18H16F5N5OS/c19-11-4-2-1-3-10(11)18-8-28(6-9(18)7-30-16(24)27-18)17-25-12(14(20)21)5-13(26-17)29-15(22)23/h1-5,9,14-15H,6-8H2,(H2,24,27). The highest BCUT2D eigenvalue weighted by molar-refractivity contribution is 8.13. The van der Waals surface area contributed by atoms with Crippen LogP contribution < -0.4 is 15.4 Å². The van der Waals surface area contributed by atoms with Gasteiger partial charge in [-0.25, -0.2) is 23.1 Å². The maximum Gasteiger partial charge on any atom is 0.388 e. The van der Waals surface area contributed by atoms with Crippen molar-refractivity contribution in [3.05, 3.63) is 47.4 Å². The minimum Gasteiger partial charge on any atom is -0.417 e. The maximum atomic E-state index is 14.7. The second-order valence-corrected chi connectivity index (χ2v) is 7.89. The summed E-state index contributed by atoms with van der Waals surface area (Å²) in [5, 5.41) is 0.278. The maximum absolute atomic E-state index is 14.7. The van der Waals surface area contributed by atoms with Gasteiger partial charge in [-0.2, -0.15) is 13.8 Å². The van der Waals surface area contributed by atoms with E-state index >= 15 is 0 Å². The number of aromatic nitrogens is 2. The van der Waals surface area contributed by atoms with Crippen LogP contribution in [0.4, 0.5) is 27.9 Å². The Hall–Kier alpha value is -2.63. The largest absolute Gasteiger partial charge is 0.417 e. The molecule has 0 amide bonds. The predicted octanol–water partition coefficient (Wildman–Crippen LogP) is 3.55. The molecule has 3 heterocycles. The van der Waals surface area contributed by atoms with Gasteiger partial charge >= 0.3 is 6.61 Å². The summed E-state index contributed by atoms with van der Waals surface area (Å²) in [5.74, 6) is -1.08. The van der Waals surface area contributed by atoms with Crippen LogP contribution >= 0.6 is 11.8 Å². The van der Waals surface area contributed by atoms with Crippen LogP contribution in [-0.4, -0.2) is 40.6 Å². The highest BCUT2D eigenvalue weighted by atomic mass is 32.2. The van der Waals surface area contributed by atoms with E-state index in [9.17, 15) is 22.0 Å². The van der Waals surface area contributed by atoms with E-state index in [0.29, 0.717) is 17.4 Å². The van der Waals surface area contributed by atoms with E-state index < -0.39 is 36.0 Å². The number of nitrogens with two attached hydrogens (primary N) is 1. The molecule has 2 aliphatic heterocycles. The Morgan fingerprint density at radius 3 is 2.67 bits per heavy atom. The Kier molecular flexibility index (Phi) is 5.43. The third-order valence-corrected chi connectivity index (χ3v) is 6.01. The molecule has 1 fully saturated rings. The van der Waals surface area contributed by atoms with Crippen LogP contribution in [0.15, 0.2) is 35.3 Å². The van der Waals surface area contributed by atoms with E-state index in [-0.39, 0.29) is 30.1 Å². The van der Waals surface area contributed by atoms with Crippen LogP contribution in [0.5, 0.6) is 5.88 Å². The fourth-order valence-electron chi connectivity index (χ4n) is 3.80. The molecule has 0 bridgehead atoms. The van der Waals surface area contributed by atoms with E-state index in [2.05, 4.69) is 19.7 Å². The molecule has 0 aliphatic carbocycles. The molecule has 6 nitrogen and oxygen atoms in total. The molecule has 0 saturated carbocycles. The molecule has 12 heteroatoms. The topological polar surface area (TPSA) is 76.6 Å². The van der Waals surface area contributed by atoms with Gasteiger partial charge in [0, 0.05) is 29.8 Å². The van der Waals surface area contributed by atoms with Gasteiger partial charge in [0.25, 0.3) is 6.43 Å². The molecule has 2 unspecified atom stereocenters. The zero-order valence-corrected chi connectivity index (χ0v) is 16.1. The van der Waals surface area contributed by atoms with Gasteiger partial charge in [-0.3, -0.25) is 0 Å². The summed E-state index contributed by atoms with van der Waals surface area (Å²) in [4.78, 5) is 13.7. The van der Waals surface area contributed by atoms with Gasteiger partial charge in [0.15, 0.2) is 5.17 Å². The lowest BCUT2D eigenvalue weighted by atomic mass is 9.81. The number of rotatable bonds is 5. The van der Waals surface area contributed by atoms with Crippen molar-refractivity contribution >= 4 is 22.9 Å². The highest BCUT2D eigenvalue weighted by Gasteiger charge is 2.52. The highest BCUT2D eigenvalue weighted by Crippen LogP contribution is 2.47. The Morgan fingerprint density at radius 1 is 1.20 bits per heavy atom. The van der Waals surface area contributed by atoms with Crippen molar-refractivity contribution in [1.29, 1.82) is 0 Å². The fourth-order valence-corrected chi connectivity index (χ4v) is 4.78. The first kappa shape index (κ1) is 20.6. The smallest absolute Gasteiger partial charge is 0.388 e. The van der Waals surface area contributed by atoms with Gasteiger partial charge in [0.1, 0.15) is 17.1 Å². The summed E-state index contributed by atoms with van der Waals surface area (Å²) in [6.07, 6.45) is -3.01. The molecule has 4 rings (SSSR count). The number of benzene rings is 1. The molecule has 0 radical (unpaired) electrons. The number of hydrogen-bond donors (Lipinski definition) is 1. The summed E-state index contributed by atoms with van der Waals surface area (Å²) in [7, 11) is 0. The van der Waals surface area contributed by atoms with Crippen molar-refractivity contribution in [2.24, 2.45) is 16.6 Å². The Labute approximate surface area is 172 Å². The van der Waals surface area contributed by atoms with Gasteiger partial charge in [-0.05, 0) is 6.07 Å². The summed E-state index contributed by atoms with van der Waals surface area (Å²) in [6.45, 7) is -2.94. The van der Waals surface area contributed by atoms with Crippen LogP contribution in [0.25, 0.3) is 0 Å². The number of amidine groups is 1. The number of halogens is 5. The third kappa shape index (κ3) is 3.75. The number of aliphatic imine (C=N–C) groups is 1. The summed E-state index contributed by atoms with van der Waals surface area (Å²) in [6, 6.07) is 6.79. The van der Waals surface area contributed by atoms with E-state index in [0.717, 1.165) is 0 Å². The monoisotopic (exact) mass is 445 g/mol. The number of hydrogen-bond acceptors (Lipinski definition) is 7. The lowest BCUT2D eigenvalue weighted by Crippen LogP contribution is -2.40. The Balaban J connectivity index is 1.76. The lowest BCUT2D eigenvalue weighted by molar-refractivity contribution is -0.0531. The minimum absolute atomic E-state index is 0.0423. The average molecular weight is 445 g/mol. The van der Waals surface area contributed by atoms with Crippen LogP contribution in [0.1, 0.15) is 17.7 Å². The van der Waals surface area contributed by atoms with E-state index in [1.54, 1.807) is 18.2 Å².